The summed E-state index contributed by atoms with van der Waals surface area (Å²) in [6, 6.07) is 3.02. The fraction of sp³-hybridized carbons (Fsp3) is 0.400. The van der Waals surface area contributed by atoms with Crippen molar-refractivity contribution in [3.63, 3.8) is 0 Å². The maximum Gasteiger partial charge on any atom is 0.252 e. The molecule has 0 amide bonds. The Morgan fingerprint density at radius 1 is 1.39 bits per heavy atom. The number of nitrogens with two attached hydrogens (primary N) is 1. The molecule has 0 radical (unpaired) electrons. The third-order valence-electron chi connectivity index (χ3n) is 2.34. The molecule has 4 nitrogen and oxygen atoms in total. The average molecular weight is 282 g/mol. The highest BCUT2D eigenvalue weighted by molar-refractivity contribution is 7.89. The first-order valence-electron chi connectivity index (χ1n) is 5.02. The Labute approximate surface area is 103 Å². The highest BCUT2D eigenvalue weighted by Crippen LogP contribution is 2.18. The summed E-state index contributed by atoms with van der Waals surface area (Å²) in [5.74, 6) is -0.632. The molecule has 0 saturated heterocycles. The first kappa shape index (κ1) is 14.9. The maximum atomic E-state index is 13.2. The summed E-state index contributed by atoms with van der Waals surface area (Å²) < 4.78 is 61.7. The Kier molecular flexibility index (Phi) is 4.71. The lowest BCUT2D eigenvalue weighted by Gasteiger charge is -2.17. The zero-order chi connectivity index (χ0) is 13.9. The minimum Gasteiger partial charge on any atom is -0.326 e. The molecule has 102 valence electrons. The van der Waals surface area contributed by atoms with E-state index in [1.807, 2.05) is 0 Å². The van der Waals surface area contributed by atoms with Crippen LogP contribution in [0.2, 0.25) is 0 Å². The summed E-state index contributed by atoms with van der Waals surface area (Å²) in [4.78, 5) is -0.257. The van der Waals surface area contributed by atoms with Crippen LogP contribution in [0.1, 0.15) is 5.56 Å². The van der Waals surface area contributed by atoms with E-state index in [1.54, 1.807) is 0 Å². The highest BCUT2D eigenvalue weighted by atomic mass is 32.2. The first-order chi connectivity index (χ1) is 8.28. The van der Waals surface area contributed by atoms with Crippen LogP contribution in [-0.2, 0) is 16.6 Å². The van der Waals surface area contributed by atoms with Gasteiger partial charge >= 0.3 is 0 Å². The molecule has 0 saturated carbocycles. The topological polar surface area (TPSA) is 63.4 Å². The summed E-state index contributed by atoms with van der Waals surface area (Å²) >= 11 is 0. The van der Waals surface area contributed by atoms with E-state index < -0.39 is 28.8 Å². The monoisotopic (exact) mass is 282 g/mol. The van der Waals surface area contributed by atoms with Crippen molar-refractivity contribution in [1.29, 1.82) is 0 Å². The summed E-state index contributed by atoms with van der Waals surface area (Å²) in [5.41, 5.74) is 5.27. The van der Waals surface area contributed by atoms with Gasteiger partial charge in [-0.05, 0) is 18.2 Å². The molecule has 8 heteroatoms. The lowest BCUT2D eigenvalue weighted by atomic mass is 10.2. The second kappa shape index (κ2) is 5.68. The molecule has 0 aliphatic rings. The van der Waals surface area contributed by atoms with Crippen LogP contribution in [0.5, 0.6) is 0 Å². The van der Waals surface area contributed by atoms with Gasteiger partial charge in [-0.25, -0.2) is 21.6 Å². The van der Waals surface area contributed by atoms with E-state index in [0.29, 0.717) is 4.31 Å². The molecule has 0 atom stereocenters. The molecule has 0 spiro atoms. The molecular formula is C10H13F3N2O2S. The van der Waals surface area contributed by atoms with Crippen LogP contribution in [0.4, 0.5) is 13.2 Å². The van der Waals surface area contributed by atoms with Gasteiger partial charge in [0, 0.05) is 19.2 Å². The van der Waals surface area contributed by atoms with Gasteiger partial charge in [-0.15, -0.1) is 0 Å². The van der Waals surface area contributed by atoms with Crippen molar-refractivity contribution in [1.82, 2.24) is 4.31 Å². The smallest absolute Gasteiger partial charge is 0.252 e. The van der Waals surface area contributed by atoms with Gasteiger partial charge in [-0.3, -0.25) is 0 Å². The number of benzene rings is 1. The SMILES string of the molecule is CN(CC(F)F)S(=O)(=O)c1ccc(F)c(CN)c1. The van der Waals surface area contributed by atoms with Crippen LogP contribution in [0.25, 0.3) is 0 Å². The molecule has 1 aromatic rings. The van der Waals surface area contributed by atoms with Crippen LogP contribution in [0.15, 0.2) is 23.1 Å². The molecule has 18 heavy (non-hydrogen) atoms. The standard InChI is InChI=1S/C10H13F3N2O2S/c1-15(6-10(12)13)18(16,17)8-2-3-9(11)7(4-8)5-14/h2-4,10H,5-6,14H2,1H3. The quantitative estimate of drug-likeness (QED) is 0.881. The van der Waals surface area contributed by atoms with Gasteiger partial charge in [0.15, 0.2) is 0 Å². The molecule has 0 aromatic heterocycles. The summed E-state index contributed by atoms with van der Waals surface area (Å²) in [6.45, 7) is -1.09. The number of alkyl halides is 2. The van der Waals surface area contributed by atoms with E-state index in [1.165, 1.54) is 0 Å². The number of hydrogen-bond donors (Lipinski definition) is 1. The average Bonchev–Trinajstić information content (AvgIpc) is 2.28. The van der Waals surface area contributed by atoms with Crippen molar-refractivity contribution in [2.75, 3.05) is 13.6 Å². The van der Waals surface area contributed by atoms with E-state index in [2.05, 4.69) is 0 Å². The van der Waals surface area contributed by atoms with Gasteiger partial charge in [0.1, 0.15) is 5.82 Å². The predicted molar refractivity (Wildman–Crippen MR) is 60.1 cm³/mol. The molecule has 0 bridgehead atoms. The molecule has 0 unspecified atom stereocenters. The minimum atomic E-state index is -4.05. The normalized spacial score (nSPS) is 12.4. The largest absolute Gasteiger partial charge is 0.326 e. The number of nitrogens with zero attached hydrogens (tertiary/aromatic N) is 1. The van der Waals surface area contributed by atoms with Crippen molar-refractivity contribution in [2.45, 2.75) is 17.9 Å². The Hall–Kier alpha value is -1.12. The van der Waals surface area contributed by atoms with Crippen LogP contribution >= 0.6 is 0 Å². The first-order valence-corrected chi connectivity index (χ1v) is 6.46. The summed E-state index contributed by atoms with van der Waals surface area (Å²) in [7, 11) is -3.02. The minimum absolute atomic E-state index is 0.0153. The number of halogens is 3. The van der Waals surface area contributed by atoms with Gasteiger partial charge in [0.2, 0.25) is 10.0 Å². The number of hydrogen-bond acceptors (Lipinski definition) is 3. The van der Waals surface area contributed by atoms with E-state index in [9.17, 15) is 21.6 Å². The van der Waals surface area contributed by atoms with Crippen molar-refractivity contribution in [3.05, 3.63) is 29.6 Å². The zero-order valence-electron chi connectivity index (χ0n) is 9.61. The molecule has 1 rings (SSSR count). The van der Waals surface area contributed by atoms with Gasteiger partial charge in [-0.1, -0.05) is 0 Å². The van der Waals surface area contributed by atoms with Gasteiger partial charge in [0.25, 0.3) is 6.43 Å². The van der Waals surface area contributed by atoms with E-state index in [4.69, 9.17) is 5.73 Å². The molecule has 0 aliphatic heterocycles. The van der Waals surface area contributed by atoms with Crippen molar-refractivity contribution in [3.8, 4) is 0 Å². The molecule has 0 aliphatic carbocycles. The molecule has 2 N–H and O–H groups in total. The number of sulfonamides is 1. The van der Waals surface area contributed by atoms with Crippen molar-refractivity contribution < 1.29 is 21.6 Å². The van der Waals surface area contributed by atoms with E-state index in [0.717, 1.165) is 25.2 Å². The van der Waals surface area contributed by atoms with E-state index >= 15 is 0 Å². The summed E-state index contributed by atoms with van der Waals surface area (Å²) in [6.07, 6.45) is -2.78. The van der Waals surface area contributed by atoms with Crippen LogP contribution in [0, 0.1) is 5.82 Å². The Bertz CT molecular complexity index is 520. The Morgan fingerprint density at radius 2 is 2.00 bits per heavy atom. The second-order valence-electron chi connectivity index (χ2n) is 3.63. The van der Waals surface area contributed by atoms with Crippen LogP contribution in [0.3, 0.4) is 0 Å². The fourth-order valence-corrected chi connectivity index (χ4v) is 2.54. The Morgan fingerprint density at radius 3 is 2.50 bits per heavy atom. The van der Waals surface area contributed by atoms with Gasteiger partial charge in [-0.2, -0.15) is 4.31 Å². The Balaban J connectivity index is 3.12. The number of rotatable bonds is 5. The van der Waals surface area contributed by atoms with Gasteiger partial charge in [0.05, 0.1) is 11.4 Å². The summed E-state index contributed by atoms with van der Waals surface area (Å²) in [5, 5.41) is 0. The molecule has 1 aromatic carbocycles. The van der Waals surface area contributed by atoms with Crippen LogP contribution in [-0.4, -0.2) is 32.7 Å². The predicted octanol–water partition coefficient (Wildman–Crippen LogP) is 1.17. The molecule has 0 fully saturated rings. The maximum absolute atomic E-state index is 13.2. The van der Waals surface area contributed by atoms with Crippen LogP contribution < -0.4 is 5.73 Å². The third-order valence-corrected chi connectivity index (χ3v) is 4.16. The highest BCUT2D eigenvalue weighted by Gasteiger charge is 2.24. The van der Waals surface area contributed by atoms with Gasteiger partial charge < -0.3 is 5.73 Å². The zero-order valence-corrected chi connectivity index (χ0v) is 10.4. The molecular weight excluding hydrogens is 269 g/mol. The molecule has 0 heterocycles. The van der Waals surface area contributed by atoms with E-state index in [-0.39, 0.29) is 17.0 Å². The third kappa shape index (κ3) is 3.21. The lowest BCUT2D eigenvalue weighted by Crippen LogP contribution is -2.31. The van der Waals surface area contributed by atoms with Crippen molar-refractivity contribution >= 4 is 10.0 Å². The fourth-order valence-electron chi connectivity index (χ4n) is 1.34. The second-order valence-corrected chi connectivity index (χ2v) is 5.68. The van der Waals surface area contributed by atoms with Crippen molar-refractivity contribution in [2.24, 2.45) is 5.73 Å². The lowest BCUT2D eigenvalue weighted by molar-refractivity contribution is 0.126.